The molecule has 0 saturated heterocycles. The fourth-order valence-corrected chi connectivity index (χ4v) is 3.43. The van der Waals surface area contributed by atoms with Crippen LogP contribution in [0, 0.1) is 0 Å². The Bertz CT molecular complexity index is 1250. The number of alkyl halides is 3. The summed E-state index contributed by atoms with van der Waals surface area (Å²) in [6, 6.07) is 19.6. The zero-order valence-corrected chi connectivity index (χ0v) is 17.4. The number of carbonyl (C=O) groups is 1. The highest BCUT2D eigenvalue weighted by molar-refractivity contribution is 5.98. The van der Waals surface area contributed by atoms with E-state index in [2.05, 4.69) is 15.5 Å². The number of nitrogens with two attached hydrogens (primary N) is 1. The average molecular weight is 451 g/mol. The standard InChI is InChI=1S/C24H20F3N5O/c25-24(26,27)19-11-9-18(10-12-19)17-7-5-16(6-8-17)14-32-15-30-31-22(32)13-29-21-4-2-1-3-20(21)23(28)33/h1-12,15,29H,13-14H2,(H2,28,33). The third-order valence-corrected chi connectivity index (χ3v) is 5.18. The lowest BCUT2D eigenvalue weighted by atomic mass is 10.0. The van der Waals surface area contributed by atoms with Crippen LogP contribution in [0.15, 0.2) is 79.1 Å². The van der Waals surface area contributed by atoms with Crippen molar-refractivity contribution >= 4 is 11.6 Å². The van der Waals surface area contributed by atoms with E-state index in [1.807, 2.05) is 28.8 Å². The number of benzene rings is 3. The van der Waals surface area contributed by atoms with E-state index in [1.165, 1.54) is 12.1 Å². The van der Waals surface area contributed by atoms with Crippen molar-refractivity contribution in [2.24, 2.45) is 5.73 Å². The molecule has 0 fully saturated rings. The van der Waals surface area contributed by atoms with Crippen molar-refractivity contribution in [3.8, 4) is 11.1 Å². The van der Waals surface area contributed by atoms with Crippen LogP contribution < -0.4 is 11.1 Å². The summed E-state index contributed by atoms with van der Waals surface area (Å²) in [5.41, 5.74) is 8.25. The van der Waals surface area contributed by atoms with E-state index >= 15 is 0 Å². The van der Waals surface area contributed by atoms with E-state index in [0.717, 1.165) is 23.3 Å². The Labute approximate surface area is 187 Å². The lowest BCUT2D eigenvalue weighted by Gasteiger charge is -2.11. The highest BCUT2D eigenvalue weighted by Gasteiger charge is 2.29. The molecule has 9 heteroatoms. The number of nitrogens with zero attached hydrogens (tertiary/aromatic N) is 3. The minimum Gasteiger partial charge on any atom is -0.377 e. The monoisotopic (exact) mass is 451 g/mol. The second-order valence-corrected chi connectivity index (χ2v) is 7.41. The van der Waals surface area contributed by atoms with Gasteiger partial charge in [-0.2, -0.15) is 13.2 Å². The van der Waals surface area contributed by atoms with E-state index in [0.29, 0.717) is 35.7 Å². The topological polar surface area (TPSA) is 85.8 Å². The van der Waals surface area contributed by atoms with Crippen LogP contribution in [-0.2, 0) is 19.3 Å². The van der Waals surface area contributed by atoms with Crippen molar-refractivity contribution in [2.75, 3.05) is 5.32 Å². The third kappa shape index (κ3) is 5.20. The normalized spacial score (nSPS) is 11.4. The van der Waals surface area contributed by atoms with Crippen LogP contribution in [0.4, 0.5) is 18.9 Å². The average Bonchev–Trinajstić information content (AvgIpc) is 3.24. The van der Waals surface area contributed by atoms with Gasteiger partial charge in [-0.1, -0.05) is 48.5 Å². The zero-order valence-electron chi connectivity index (χ0n) is 17.4. The minimum atomic E-state index is -4.35. The molecule has 0 aliphatic rings. The molecule has 4 rings (SSSR count). The first-order valence-electron chi connectivity index (χ1n) is 10.1. The molecule has 3 N–H and O–H groups in total. The molecule has 0 aliphatic carbocycles. The molecule has 0 atom stereocenters. The molecule has 3 aromatic carbocycles. The third-order valence-electron chi connectivity index (χ3n) is 5.18. The van der Waals surface area contributed by atoms with Crippen molar-refractivity contribution < 1.29 is 18.0 Å². The molecule has 0 radical (unpaired) electrons. The lowest BCUT2D eigenvalue weighted by Crippen LogP contribution is -2.15. The van der Waals surface area contributed by atoms with Crippen molar-refractivity contribution in [2.45, 2.75) is 19.3 Å². The summed E-state index contributed by atoms with van der Waals surface area (Å²) in [5.74, 6) is 0.147. The van der Waals surface area contributed by atoms with Crippen LogP contribution in [-0.4, -0.2) is 20.7 Å². The van der Waals surface area contributed by atoms with Crippen LogP contribution in [0.25, 0.3) is 11.1 Å². The maximum Gasteiger partial charge on any atom is 0.416 e. The molecule has 0 saturated carbocycles. The van der Waals surface area contributed by atoms with Crippen LogP contribution in [0.3, 0.4) is 0 Å². The number of primary amides is 1. The first-order valence-corrected chi connectivity index (χ1v) is 10.1. The Balaban J connectivity index is 1.44. The summed E-state index contributed by atoms with van der Waals surface area (Å²) in [4.78, 5) is 11.6. The Morgan fingerprint density at radius 1 is 0.939 bits per heavy atom. The number of amides is 1. The Morgan fingerprint density at radius 2 is 1.58 bits per heavy atom. The van der Waals surface area contributed by atoms with Crippen molar-refractivity contribution in [3.05, 3.63) is 102 Å². The van der Waals surface area contributed by atoms with Gasteiger partial charge in [-0.15, -0.1) is 10.2 Å². The second-order valence-electron chi connectivity index (χ2n) is 7.41. The van der Waals surface area contributed by atoms with Gasteiger partial charge >= 0.3 is 6.18 Å². The minimum absolute atomic E-state index is 0.341. The SMILES string of the molecule is NC(=O)c1ccccc1NCc1nncn1Cc1ccc(-c2ccc(C(F)(F)F)cc2)cc1. The number of aromatic nitrogens is 3. The number of para-hydroxylation sites is 1. The van der Waals surface area contributed by atoms with E-state index in [4.69, 9.17) is 5.73 Å². The first kappa shape index (κ1) is 22.1. The number of rotatable bonds is 7. The van der Waals surface area contributed by atoms with Gasteiger partial charge in [0.2, 0.25) is 0 Å². The van der Waals surface area contributed by atoms with Gasteiger partial charge in [0, 0.05) is 5.69 Å². The number of carbonyl (C=O) groups excluding carboxylic acids is 1. The summed E-state index contributed by atoms with van der Waals surface area (Å²) < 4.78 is 40.1. The summed E-state index contributed by atoms with van der Waals surface area (Å²) in [6.07, 6.45) is -2.74. The van der Waals surface area contributed by atoms with Crippen molar-refractivity contribution in [1.82, 2.24) is 14.8 Å². The van der Waals surface area contributed by atoms with Gasteiger partial charge in [0.15, 0.2) is 5.82 Å². The predicted octanol–water partition coefficient (Wildman–Crippen LogP) is 4.72. The van der Waals surface area contributed by atoms with Gasteiger partial charge < -0.3 is 15.6 Å². The smallest absolute Gasteiger partial charge is 0.377 e. The van der Waals surface area contributed by atoms with E-state index in [9.17, 15) is 18.0 Å². The van der Waals surface area contributed by atoms with Gasteiger partial charge in [-0.3, -0.25) is 4.79 Å². The fourth-order valence-electron chi connectivity index (χ4n) is 3.43. The van der Waals surface area contributed by atoms with E-state index < -0.39 is 17.6 Å². The fraction of sp³-hybridized carbons (Fsp3) is 0.125. The molecule has 1 amide bonds. The molecule has 0 unspecified atom stereocenters. The number of hydrogen-bond acceptors (Lipinski definition) is 4. The zero-order chi connectivity index (χ0) is 23.4. The van der Waals surface area contributed by atoms with Crippen LogP contribution in [0.5, 0.6) is 0 Å². The van der Waals surface area contributed by atoms with Crippen molar-refractivity contribution in [1.29, 1.82) is 0 Å². The summed E-state index contributed by atoms with van der Waals surface area (Å²) in [7, 11) is 0. The Kier molecular flexibility index (Phi) is 6.12. The Hall–Kier alpha value is -4.14. The van der Waals surface area contributed by atoms with Crippen LogP contribution >= 0.6 is 0 Å². The maximum atomic E-state index is 12.8. The second kappa shape index (κ2) is 9.15. The van der Waals surface area contributed by atoms with E-state index in [1.54, 1.807) is 30.6 Å². The molecule has 33 heavy (non-hydrogen) atoms. The van der Waals surface area contributed by atoms with Gasteiger partial charge in [0.05, 0.1) is 24.2 Å². The van der Waals surface area contributed by atoms with Gasteiger partial charge in [0.25, 0.3) is 5.91 Å². The molecule has 1 heterocycles. The van der Waals surface area contributed by atoms with Crippen LogP contribution in [0.1, 0.15) is 27.3 Å². The highest BCUT2D eigenvalue weighted by atomic mass is 19.4. The number of anilines is 1. The highest BCUT2D eigenvalue weighted by Crippen LogP contribution is 2.31. The lowest BCUT2D eigenvalue weighted by molar-refractivity contribution is -0.137. The molecular formula is C24H20F3N5O. The molecule has 4 aromatic rings. The summed E-state index contributed by atoms with van der Waals surface area (Å²) >= 11 is 0. The quantitative estimate of drug-likeness (QED) is 0.426. The molecule has 168 valence electrons. The van der Waals surface area contributed by atoms with E-state index in [-0.39, 0.29) is 0 Å². The molecule has 0 bridgehead atoms. The van der Waals surface area contributed by atoms with Crippen molar-refractivity contribution in [3.63, 3.8) is 0 Å². The molecule has 6 nitrogen and oxygen atoms in total. The number of nitrogens with one attached hydrogen (secondary N) is 1. The molecule has 0 spiro atoms. The summed E-state index contributed by atoms with van der Waals surface area (Å²) in [6.45, 7) is 0.850. The van der Waals surface area contributed by atoms with Gasteiger partial charge in [-0.25, -0.2) is 0 Å². The summed E-state index contributed by atoms with van der Waals surface area (Å²) in [5, 5.41) is 11.3. The first-order chi connectivity index (χ1) is 15.8. The number of hydrogen-bond donors (Lipinski definition) is 2. The molecule has 0 aliphatic heterocycles. The predicted molar refractivity (Wildman–Crippen MR) is 118 cm³/mol. The molecular weight excluding hydrogens is 431 g/mol. The van der Waals surface area contributed by atoms with Crippen LogP contribution in [0.2, 0.25) is 0 Å². The molecule has 1 aromatic heterocycles. The largest absolute Gasteiger partial charge is 0.416 e. The van der Waals surface area contributed by atoms with Gasteiger partial charge in [-0.05, 0) is 41.0 Å². The maximum absolute atomic E-state index is 12.8. The Morgan fingerprint density at radius 3 is 2.21 bits per heavy atom. The number of halogens is 3. The van der Waals surface area contributed by atoms with Gasteiger partial charge in [0.1, 0.15) is 6.33 Å².